The number of benzene rings is 1. The summed E-state index contributed by atoms with van der Waals surface area (Å²) in [5.74, 6) is -0.776. The molecule has 10 nitrogen and oxygen atoms in total. The Morgan fingerprint density at radius 2 is 1.91 bits per heavy atom. The summed E-state index contributed by atoms with van der Waals surface area (Å²) in [6.45, 7) is 6.87. The molecule has 2 atom stereocenters. The third kappa shape index (κ3) is 5.51. The number of nitrogens with two attached hydrogens (primary N) is 2. The van der Waals surface area contributed by atoms with Crippen molar-refractivity contribution in [2.45, 2.75) is 58.5 Å². The SMILES string of the molecule is CCN(CC)C(=O)c1ccc(C)c(Nc2nc(N[C@H]3CCCC[C@@H]3N)[nH]c(=O)c2C(N)=O)c1. The average Bonchev–Trinajstić information content (AvgIpc) is 2.77. The first kappa shape index (κ1) is 24.2. The summed E-state index contributed by atoms with van der Waals surface area (Å²) >= 11 is 0. The van der Waals surface area contributed by atoms with Crippen LogP contribution in [-0.4, -0.2) is 51.9 Å². The molecule has 0 spiro atoms. The standard InChI is InChI=1S/C23H33N7O3/c1-4-30(5-2)22(33)14-11-10-13(3)17(12-14)26-20-18(19(25)31)21(32)29-23(28-20)27-16-9-7-6-8-15(16)24/h10-12,15-16H,4-9,24H2,1-3H3,(H2,25,31)(H3,26,27,28,29,32)/t15-,16-/m0/s1. The predicted octanol–water partition coefficient (Wildman–Crippen LogP) is 2.08. The zero-order valence-corrected chi connectivity index (χ0v) is 19.4. The molecular formula is C23H33N7O3. The fourth-order valence-electron chi connectivity index (χ4n) is 4.09. The molecule has 33 heavy (non-hydrogen) atoms. The van der Waals surface area contributed by atoms with Crippen molar-refractivity contribution < 1.29 is 9.59 Å². The number of amides is 2. The van der Waals surface area contributed by atoms with E-state index in [1.165, 1.54) is 0 Å². The molecule has 1 fully saturated rings. The zero-order valence-electron chi connectivity index (χ0n) is 19.4. The molecule has 178 valence electrons. The Balaban J connectivity index is 1.97. The van der Waals surface area contributed by atoms with E-state index in [0.29, 0.717) is 24.3 Å². The second kappa shape index (κ2) is 10.5. The highest BCUT2D eigenvalue weighted by molar-refractivity contribution is 5.99. The molecule has 0 unspecified atom stereocenters. The predicted molar refractivity (Wildman–Crippen MR) is 129 cm³/mol. The Hall–Kier alpha value is -3.40. The number of carbonyl (C=O) groups is 2. The van der Waals surface area contributed by atoms with Gasteiger partial charge in [-0.25, -0.2) is 0 Å². The number of aromatic amines is 1. The minimum atomic E-state index is -0.903. The molecule has 0 aliphatic heterocycles. The molecule has 7 N–H and O–H groups in total. The second-order valence-electron chi connectivity index (χ2n) is 8.33. The van der Waals surface area contributed by atoms with Crippen LogP contribution in [0.3, 0.4) is 0 Å². The molecule has 1 aliphatic rings. The first-order valence-corrected chi connectivity index (χ1v) is 11.4. The zero-order chi connectivity index (χ0) is 24.1. The topological polar surface area (TPSA) is 159 Å². The Kier molecular flexibility index (Phi) is 7.70. The van der Waals surface area contributed by atoms with Gasteiger partial charge in [0.1, 0.15) is 5.56 Å². The summed E-state index contributed by atoms with van der Waals surface area (Å²) in [5, 5.41) is 6.24. The number of carbonyl (C=O) groups excluding carboxylic acids is 2. The highest BCUT2D eigenvalue weighted by atomic mass is 16.2. The van der Waals surface area contributed by atoms with E-state index in [1.807, 2.05) is 20.8 Å². The average molecular weight is 456 g/mol. The lowest BCUT2D eigenvalue weighted by Gasteiger charge is -2.29. The Morgan fingerprint density at radius 1 is 1.21 bits per heavy atom. The van der Waals surface area contributed by atoms with Gasteiger partial charge in [0.25, 0.3) is 17.4 Å². The van der Waals surface area contributed by atoms with Gasteiger partial charge in [-0.2, -0.15) is 4.98 Å². The Labute approximate surface area is 193 Å². The van der Waals surface area contributed by atoms with E-state index in [-0.39, 0.29) is 35.3 Å². The van der Waals surface area contributed by atoms with Crippen LogP contribution in [0.2, 0.25) is 0 Å². The maximum absolute atomic E-state index is 12.8. The van der Waals surface area contributed by atoms with Crippen molar-refractivity contribution in [3.05, 3.63) is 45.2 Å². The van der Waals surface area contributed by atoms with Gasteiger partial charge in [0.15, 0.2) is 5.82 Å². The molecule has 3 rings (SSSR count). The van der Waals surface area contributed by atoms with Crippen molar-refractivity contribution in [2.75, 3.05) is 23.7 Å². The monoisotopic (exact) mass is 455 g/mol. The van der Waals surface area contributed by atoms with Crippen LogP contribution in [0.15, 0.2) is 23.0 Å². The van der Waals surface area contributed by atoms with Gasteiger partial charge < -0.3 is 27.0 Å². The lowest BCUT2D eigenvalue weighted by Crippen LogP contribution is -2.43. The third-order valence-electron chi connectivity index (χ3n) is 6.10. The lowest BCUT2D eigenvalue weighted by molar-refractivity contribution is 0.0772. The summed E-state index contributed by atoms with van der Waals surface area (Å²) in [7, 11) is 0. The quantitative estimate of drug-likeness (QED) is 0.407. The summed E-state index contributed by atoms with van der Waals surface area (Å²) < 4.78 is 0. The summed E-state index contributed by atoms with van der Waals surface area (Å²) in [6, 6.07) is 5.15. The summed E-state index contributed by atoms with van der Waals surface area (Å²) in [6.07, 6.45) is 3.85. The van der Waals surface area contributed by atoms with Gasteiger partial charge in [0.05, 0.1) is 0 Å². The van der Waals surface area contributed by atoms with Crippen LogP contribution in [0.1, 0.15) is 65.8 Å². The van der Waals surface area contributed by atoms with Gasteiger partial charge in [-0.05, 0) is 51.3 Å². The largest absolute Gasteiger partial charge is 0.365 e. The van der Waals surface area contributed by atoms with Crippen LogP contribution in [0, 0.1) is 6.92 Å². The molecule has 0 radical (unpaired) electrons. The highest BCUT2D eigenvalue weighted by Gasteiger charge is 2.24. The second-order valence-corrected chi connectivity index (χ2v) is 8.33. The minimum Gasteiger partial charge on any atom is -0.365 e. The number of rotatable bonds is 8. The normalized spacial score (nSPS) is 17.9. The van der Waals surface area contributed by atoms with Gasteiger partial charge in [0, 0.05) is 36.4 Å². The first-order valence-electron chi connectivity index (χ1n) is 11.4. The van der Waals surface area contributed by atoms with Crippen LogP contribution in [-0.2, 0) is 0 Å². The number of aryl methyl sites for hydroxylation is 1. The Bertz CT molecular complexity index is 1080. The van der Waals surface area contributed by atoms with Crippen LogP contribution >= 0.6 is 0 Å². The van der Waals surface area contributed by atoms with E-state index in [0.717, 1.165) is 31.2 Å². The maximum Gasteiger partial charge on any atom is 0.267 e. The van der Waals surface area contributed by atoms with Crippen LogP contribution in [0.4, 0.5) is 17.5 Å². The smallest absolute Gasteiger partial charge is 0.267 e. The molecule has 1 heterocycles. The number of nitrogens with zero attached hydrogens (tertiary/aromatic N) is 2. The van der Waals surface area contributed by atoms with Gasteiger partial charge in [0.2, 0.25) is 5.95 Å². The van der Waals surface area contributed by atoms with Gasteiger partial charge >= 0.3 is 0 Å². The van der Waals surface area contributed by atoms with Crippen molar-refractivity contribution in [3.63, 3.8) is 0 Å². The molecule has 1 saturated carbocycles. The van der Waals surface area contributed by atoms with Crippen molar-refractivity contribution in [1.82, 2.24) is 14.9 Å². The van der Waals surface area contributed by atoms with Gasteiger partial charge in [-0.3, -0.25) is 19.4 Å². The molecule has 2 aromatic rings. The maximum atomic E-state index is 12.8. The number of H-pyrrole nitrogens is 1. The van der Waals surface area contributed by atoms with E-state index < -0.39 is 11.5 Å². The van der Waals surface area contributed by atoms with E-state index in [2.05, 4.69) is 20.6 Å². The first-order chi connectivity index (χ1) is 15.7. The molecule has 1 aromatic heterocycles. The third-order valence-corrected chi connectivity index (χ3v) is 6.10. The van der Waals surface area contributed by atoms with Crippen LogP contribution in [0.25, 0.3) is 0 Å². The lowest BCUT2D eigenvalue weighted by atomic mass is 9.91. The Morgan fingerprint density at radius 3 is 2.55 bits per heavy atom. The summed E-state index contributed by atoms with van der Waals surface area (Å²) in [5.41, 5.74) is 12.6. The van der Waals surface area contributed by atoms with Crippen LogP contribution < -0.4 is 27.7 Å². The number of anilines is 3. The molecule has 2 amide bonds. The number of aromatic nitrogens is 2. The van der Waals surface area contributed by atoms with Crippen molar-refractivity contribution in [1.29, 1.82) is 0 Å². The van der Waals surface area contributed by atoms with Gasteiger partial charge in [-0.1, -0.05) is 18.9 Å². The molecule has 10 heteroatoms. The van der Waals surface area contributed by atoms with E-state index >= 15 is 0 Å². The molecule has 1 aromatic carbocycles. The van der Waals surface area contributed by atoms with Gasteiger partial charge in [-0.15, -0.1) is 0 Å². The van der Waals surface area contributed by atoms with Crippen molar-refractivity contribution >= 4 is 29.3 Å². The number of hydrogen-bond donors (Lipinski definition) is 5. The fourth-order valence-corrected chi connectivity index (χ4v) is 4.09. The highest BCUT2D eigenvalue weighted by Crippen LogP contribution is 2.25. The van der Waals surface area contributed by atoms with Crippen molar-refractivity contribution in [2.24, 2.45) is 11.5 Å². The van der Waals surface area contributed by atoms with E-state index in [4.69, 9.17) is 11.5 Å². The summed E-state index contributed by atoms with van der Waals surface area (Å²) in [4.78, 5) is 46.2. The molecule has 1 aliphatic carbocycles. The molecular weight excluding hydrogens is 422 g/mol. The number of nitrogens with one attached hydrogen (secondary N) is 3. The number of primary amides is 1. The van der Waals surface area contributed by atoms with Crippen LogP contribution in [0.5, 0.6) is 0 Å². The number of hydrogen-bond acceptors (Lipinski definition) is 7. The fraction of sp³-hybridized carbons (Fsp3) is 0.478. The molecule has 0 saturated heterocycles. The van der Waals surface area contributed by atoms with E-state index in [1.54, 1.807) is 23.1 Å². The van der Waals surface area contributed by atoms with E-state index in [9.17, 15) is 14.4 Å². The van der Waals surface area contributed by atoms with Crippen molar-refractivity contribution in [3.8, 4) is 0 Å². The minimum absolute atomic E-state index is 0.0219. The molecule has 0 bridgehead atoms.